The van der Waals surface area contributed by atoms with Crippen molar-refractivity contribution < 1.29 is 12.8 Å². The van der Waals surface area contributed by atoms with Crippen molar-refractivity contribution in [2.75, 3.05) is 64.0 Å². The third-order valence-corrected chi connectivity index (χ3v) is 6.88. The Labute approximate surface area is 167 Å². The Kier molecular flexibility index (Phi) is 6.77. The highest BCUT2D eigenvalue weighted by Gasteiger charge is 2.26. The Balaban J connectivity index is 1.44. The number of halogens is 1. The highest BCUT2D eigenvalue weighted by atomic mass is 32.2. The van der Waals surface area contributed by atoms with E-state index in [1.54, 1.807) is 11.4 Å². The third-order valence-electron chi connectivity index (χ3n) is 5.57. The second-order valence-corrected chi connectivity index (χ2v) is 9.47. The summed E-state index contributed by atoms with van der Waals surface area (Å²) in [5, 5.41) is 3.46. The lowest BCUT2D eigenvalue weighted by atomic mass is 9.98. The number of nitrogens with one attached hydrogen (secondary N) is 1. The van der Waals surface area contributed by atoms with Gasteiger partial charge in [0.25, 0.3) is 0 Å². The Morgan fingerprint density at radius 3 is 2.25 bits per heavy atom. The van der Waals surface area contributed by atoms with Crippen LogP contribution in [0.2, 0.25) is 0 Å². The van der Waals surface area contributed by atoms with Gasteiger partial charge in [-0.3, -0.25) is 4.99 Å². The van der Waals surface area contributed by atoms with E-state index in [0.717, 1.165) is 57.2 Å². The molecular weight excluding hydrogens is 381 g/mol. The molecule has 1 aromatic rings. The molecule has 0 aromatic heterocycles. The van der Waals surface area contributed by atoms with E-state index >= 15 is 0 Å². The molecule has 7 nitrogen and oxygen atoms in total. The molecular formula is C19H30FN5O2S. The van der Waals surface area contributed by atoms with Crippen molar-refractivity contribution in [3.05, 3.63) is 30.1 Å². The highest BCUT2D eigenvalue weighted by molar-refractivity contribution is 7.88. The third kappa shape index (κ3) is 5.35. The van der Waals surface area contributed by atoms with Crippen molar-refractivity contribution in [1.29, 1.82) is 0 Å². The van der Waals surface area contributed by atoms with Gasteiger partial charge in [0.05, 0.1) is 6.26 Å². The monoisotopic (exact) mass is 411 g/mol. The minimum Gasteiger partial charge on any atom is -0.368 e. The summed E-state index contributed by atoms with van der Waals surface area (Å²) in [5.41, 5.74) is 1.04. The van der Waals surface area contributed by atoms with Crippen LogP contribution in [0.15, 0.2) is 29.3 Å². The number of hydrogen-bond acceptors (Lipinski definition) is 4. The topological polar surface area (TPSA) is 68.2 Å². The van der Waals surface area contributed by atoms with Crippen molar-refractivity contribution >= 4 is 21.7 Å². The Hall–Kier alpha value is -1.87. The number of piperazine rings is 1. The summed E-state index contributed by atoms with van der Waals surface area (Å²) in [6.45, 7) is 5.42. The molecule has 0 spiro atoms. The minimum atomic E-state index is -3.08. The van der Waals surface area contributed by atoms with Gasteiger partial charge in [0.1, 0.15) is 5.82 Å². The summed E-state index contributed by atoms with van der Waals surface area (Å²) in [6.07, 6.45) is 3.02. The average Bonchev–Trinajstić information content (AvgIpc) is 2.69. The predicted molar refractivity (Wildman–Crippen MR) is 111 cm³/mol. The van der Waals surface area contributed by atoms with E-state index in [1.165, 1.54) is 18.4 Å². The number of sulfonamides is 1. The molecule has 3 rings (SSSR count). The minimum absolute atomic E-state index is 0.214. The first-order valence-electron chi connectivity index (χ1n) is 9.78. The molecule has 2 aliphatic rings. The standard InChI is InChI=1S/C19H30FN5O2S/c1-21-19(22-15-16-7-9-25(10-8-16)28(2,26)27)24-13-11-23(12-14-24)18-5-3-17(20)4-6-18/h3-6,16H,7-15H2,1-2H3,(H,21,22). The molecule has 9 heteroatoms. The quantitative estimate of drug-likeness (QED) is 0.596. The molecule has 0 saturated carbocycles. The predicted octanol–water partition coefficient (Wildman–Crippen LogP) is 1.19. The van der Waals surface area contributed by atoms with E-state index in [-0.39, 0.29) is 5.82 Å². The van der Waals surface area contributed by atoms with E-state index in [4.69, 9.17) is 0 Å². The van der Waals surface area contributed by atoms with Crippen molar-refractivity contribution in [2.45, 2.75) is 12.8 Å². The molecule has 0 amide bonds. The highest BCUT2D eigenvalue weighted by Crippen LogP contribution is 2.19. The summed E-state index contributed by atoms with van der Waals surface area (Å²) >= 11 is 0. The van der Waals surface area contributed by atoms with E-state index in [1.807, 2.05) is 12.1 Å². The van der Waals surface area contributed by atoms with Crippen LogP contribution in [0.5, 0.6) is 0 Å². The smallest absolute Gasteiger partial charge is 0.211 e. The molecule has 1 N–H and O–H groups in total. The number of anilines is 1. The second kappa shape index (κ2) is 9.09. The molecule has 2 aliphatic heterocycles. The molecule has 0 unspecified atom stereocenters. The van der Waals surface area contributed by atoms with Gasteiger partial charge in [-0.25, -0.2) is 17.1 Å². The molecule has 156 valence electrons. The number of aliphatic imine (C=N–C) groups is 1. The number of nitrogens with zero attached hydrogens (tertiary/aromatic N) is 4. The number of hydrogen-bond donors (Lipinski definition) is 1. The van der Waals surface area contributed by atoms with Gasteiger partial charge in [-0.2, -0.15) is 0 Å². The van der Waals surface area contributed by atoms with Gasteiger partial charge in [-0.15, -0.1) is 0 Å². The second-order valence-electron chi connectivity index (χ2n) is 7.48. The molecule has 0 radical (unpaired) electrons. The summed E-state index contributed by atoms with van der Waals surface area (Å²) in [4.78, 5) is 8.91. The molecule has 2 saturated heterocycles. The van der Waals surface area contributed by atoms with E-state index < -0.39 is 10.0 Å². The molecule has 1 aromatic carbocycles. The van der Waals surface area contributed by atoms with Crippen LogP contribution in [0.25, 0.3) is 0 Å². The lowest BCUT2D eigenvalue weighted by molar-refractivity contribution is 0.271. The zero-order valence-electron chi connectivity index (χ0n) is 16.6. The number of benzene rings is 1. The summed E-state index contributed by atoms with van der Waals surface area (Å²) in [6, 6.07) is 6.64. The van der Waals surface area contributed by atoms with Crippen LogP contribution in [0, 0.1) is 11.7 Å². The maximum absolute atomic E-state index is 13.1. The molecule has 0 bridgehead atoms. The lowest BCUT2D eigenvalue weighted by Gasteiger charge is -2.38. The van der Waals surface area contributed by atoms with Crippen molar-refractivity contribution in [2.24, 2.45) is 10.9 Å². The van der Waals surface area contributed by atoms with Gasteiger partial charge in [0, 0.05) is 58.5 Å². The van der Waals surface area contributed by atoms with Gasteiger partial charge >= 0.3 is 0 Å². The first kappa shape index (κ1) is 20.9. The lowest BCUT2D eigenvalue weighted by Crippen LogP contribution is -2.53. The van der Waals surface area contributed by atoms with Crippen molar-refractivity contribution in [1.82, 2.24) is 14.5 Å². The molecule has 0 atom stereocenters. The van der Waals surface area contributed by atoms with Crippen molar-refractivity contribution in [3.63, 3.8) is 0 Å². The normalized spacial score (nSPS) is 20.5. The van der Waals surface area contributed by atoms with Gasteiger partial charge in [-0.05, 0) is 43.0 Å². The fraction of sp³-hybridized carbons (Fsp3) is 0.632. The fourth-order valence-electron chi connectivity index (χ4n) is 3.84. The van der Waals surface area contributed by atoms with Gasteiger partial charge in [0.2, 0.25) is 10.0 Å². The largest absolute Gasteiger partial charge is 0.368 e. The Bertz CT molecular complexity index is 768. The SMILES string of the molecule is CN=C(NCC1CCN(S(C)(=O)=O)CC1)N1CCN(c2ccc(F)cc2)CC1. The van der Waals surface area contributed by atoms with Crippen LogP contribution in [0.1, 0.15) is 12.8 Å². The summed E-state index contributed by atoms with van der Waals surface area (Å²) in [7, 11) is -1.28. The summed E-state index contributed by atoms with van der Waals surface area (Å²) in [5.74, 6) is 1.13. The maximum atomic E-state index is 13.1. The molecule has 2 heterocycles. The maximum Gasteiger partial charge on any atom is 0.211 e. The molecule has 28 heavy (non-hydrogen) atoms. The number of guanidine groups is 1. The van der Waals surface area contributed by atoms with Gasteiger partial charge < -0.3 is 15.1 Å². The molecule has 0 aliphatic carbocycles. The van der Waals surface area contributed by atoms with E-state index in [0.29, 0.717) is 19.0 Å². The van der Waals surface area contributed by atoms with Crippen molar-refractivity contribution in [3.8, 4) is 0 Å². The average molecular weight is 412 g/mol. The van der Waals surface area contributed by atoms with Gasteiger partial charge in [-0.1, -0.05) is 0 Å². The van der Waals surface area contributed by atoms with Gasteiger partial charge in [0.15, 0.2) is 5.96 Å². The van der Waals surface area contributed by atoms with Crippen LogP contribution >= 0.6 is 0 Å². The first-order valence-corrected chi connectivity index (χ1v) is 11.6. The Morgan fingerprint density at radius 1 is 1.11 bits per heavy atom. The number of rotatable bonds is 4. The van der Waals surface area contributed by atoms with Crippen LogP contribution in [0.4, 0.5) is 10.1 Å². The molecule has 2 fully saturated rings. The fourth-order valence-corrected chi connectivity index (χ4v) is 4.72. The van der Waals surface area contributed by atoms with E-state index in [2.05, 4.69) is 20.1 Å². The van der Waals surface area contributed by atoms with Crippen LogP contribution in [0.3, 0.4) is 0 Å². The van der Waals surface area contributed by atoms with Crippen LogP contribution < -0.4 is 10.2 Å². The van der Waals surface area contributed by atoms with E-state index in [9.17, 15) is 12.8 Å². The number of piperidine rings is 1. The van der Waals surface area contributed by atoms with Crippen LogP contribution in [-0.2, 0) is 10.0 Å². The first-order chi connectivity index (χ1) is 13.4. The van der Waals surface area contributed by atoms with Crippen LogP contribution in [-0.4, -0.2) is 82.7 Å². The zero-order chi connectivity index (χ0) is 20.1. The Morgan fingerprint density at radius 2 is 1.71 bits per heavy atom. The summed E-state index contributed by atoms with van der Waals surface area (Å²) < 4.78 is 37.9. The zero-order valence-corrected chi connectivity index (χ0v) is 17.5.